The van der Waals surface area contributed by atoms with Gasteiger partial charge in [0.1, 0.15) is 12.4 Å². The summed E-state index contributed by atoms with van der Waals surface area (Å²) in [5.74, 6) is 0.0482. The van der Waals surface area contributed by atoms with E-state index in [0.29, 0.717) is 29.2 Å². The molecule has 2 amide bonds. The Kier molecular flexibility index (Phi) is 4.92. The van der Waals surface area contributed by atoms with Gasteiger partial charge >= 0.3 is 0 Å². The van der Waals surface area contributed by atoms with Crippen LogP contribution in [-0.2, 0) is 11.3 Å². The molecule has 23 heavy (non-hydrogen) atoms. The molecule has 5 nitrogen and oxygen atoms in total. The Hall–Kier alpha value is -1.93. The minimum absolute atomic E-state index is 0.0105. The summed E-state index contributed by atoms with van der Waals surface area (Å²) in [6, 6.07) is 6.51. The second kappa shape index (κ2) is 7.10. The van der Waals surface area contributed by atoms with E-state index >= 15 is 0 Å². The van der Waals surface area contributed by atoms with E-state index in [4.69, 9.17) is 0 Å². The van der Waals surface area contributed by atoms with Gasteiger partial charge in [-0.25, -0.2) is 4.39 Å². The third kappa shape index (κ3) is 3.89. The number of carbonyl (C=O) groups excluding carboxylic acids is 2. The number of amides is 2. The van der Waals surface area contributed by atoms with E-state index in [1.54, 1.807) is 34.3 Å². The van der Waals surface area contributed by atoms with Gasteiger partial charge in [-0.1, -0.05) is 30.0 Å². The maximum absolute atomic E-state index is 13.7. The van der Waals surface area contributed by atoms with E-state index in [0.717, 1.165) is 0 Å². The van der Waals surface area contributed by atoms with Gasteiger partial charge in [-0.05, 0) is 6.07 Å². The maximum Gasteiger partial charge on any atom is 0.282 e. The van der Waals surface area contributed by atoms with Gasteiger partial charge in [0.05, 0.1) is 6.54 Å². The lowest BCUT2D eigenvalue weighted by Gasteiger charge is -2.10. The average Bonchev–Trinajstić information content (AvgIpc) is 3.12. The molecule has 0 spiro atoms. The van der Waals surface area contributed by atoms with Crippen LogP contribution in [0.1, 0.15) is 5.56 Å². The second-order valence-electron chi connectivity index (χ2n) is 4.95. The molecule has 0 saturated carbocycles. The largest absolute Gasteiger partial charge is 0.323 e. The zero-order chi connectivity index (χ0) is 16.2. The Balaban J connectivity index is 1.76. The van der Waals surface area contributed by atoms with E-state index in [1.807, 2.05) is 0 Å². The first-order chi connectivity index (χ1) is 11.1. The van der Waals surface area contributed by atoms with Crippen LogP contribution >= 0.6 is 23.1 Å². The van der Waals surface area contributed by atoms with Crippen LogP contribution < -0.4 is 4.80 Å². The number of hydrogen-bond acceptors (Lipinski definition) is 4. The van der Waals surface area contributed by atoms with Crippen LogP contribution in [0.4, 0.5) is 9.18 Å². The molecule has 1 aliphatic rings. The van der Waals surface area contributed by atoms with Crippen LogP contribution in [0.3, 0.4) is 0 Å². The molecule has 0 aliphatic carbocycles. The van der Waals surface area contributed by atoms with E-state index in [9.17, 15) is 14.0 Å². The Labute approximate surface area is 140 Å². The zero-order valence-electron chi connectivity index (χ0n) is 12.1. The van der Waals surface area contributed by atoms with Crippen molar-refractivity contribution < 1.29 is 14.0 Å². The highest BCUT2D eigenvalue weighted by atomic mass is 32.2. The predicted molar refractivity (Wildman–Crippen MR) is 87.8 cm³/mol. The number of benzene rings is 1. The van der Waals surface area contributed by atoms with E-state index < -0.39 is 0 Å². The molecule has 2 heterocycles. The van der Waals surface area contributed by atoms with Gasteiger partial charge in [-0.3, -0.25) is 9.59 Å². The fourth-order valence-electron chi connectivity index (χ4n) is 2.19. The van der Waals surface area contributed by atoms with Crippen molar-refractivity contribution in [3.63, 3.8) is 0 Å². The first kappa shape index (κ1) is 15.9. The van der Waals surface area contributed by atoms with Crippen LogP contribution in [0.15, 0.2) is 40.8 Å². The summed E-state index contributed by atoms with van der Waals surface area (Å²) >= 11 is 2.52. The molecular formula is C15H14FN3O2S2. The summed E-state index contributed by atoms with van der Waals surface area (Å²) in [6.45, 7) is 0.870. The van der Waals surface area contributed by atoms with Crippen molar-refractivity contribution in [1.29, 1.82) is 0 Å². The van der Waals surface area contributed by atoms with Gasteiger partial charge in [-0.15, -0.1) is 11.3 Å². The Morgan fingerprint density at radius 2 is 2.17 bits per heavy atom. The summed E-state index contributed by atoms with van der Waals surface area (Å²) in [4.78, 5) is 29.6. The standard InChI is InChI=1S/C15H14FN3O2S2/c16-12-4-2-1-3-11(12)9-18-5-7-22-14(18)17-13(20)10-19-6-8-23-15(19)21/h1-5,7H,6,8-10H2. The summed E-state index contributed by atoms with van der Waals surface area (Å²) in [6.07, 6.45) is 1.76. The lowest BCUT2D eigenvalue weighted by Crippen LogP contribution is -2.30. The van der Waals surface area contributed by atoms with Crippen LogP contribution in [0.5, 0.6) is 0 Å². The minimum Gasteiger partial charge on any atom is -0.323 e. The number of aromatic nitrogens is 1. The number of hydrogen-bond donors (Lipinski definition) is 0. The number of rotatable bonds is 4. The fourth-order valence-corrected chi connectivity index (χ4v) is 3.76. The highest BCUT2D eigenvalue weighted by Gasteiger charge is 2.23. The topological polar surface area (TPSA) is 54.7 Å². The monoisotopic (exact) mass is 351 g/mol. The number of thioether (sulfide) groups is 1. The Morgan fingerprint density at radius 1 is 1.35 bits per heavy atom. The molecule has 1 aliphatic heterocycles. The fraction of sp³-hybridized carbons (Fsp3) is 0.267. The van der Waals surface area contributed by atoms with Crippen LogP contribution in [0, 0.1) is 5.82 Å². The number of halogens is 1. The molecular weight excluding hydrogens is 337 g/mol. The molecule has 1 aromatic heterocycles. The van der Waals surface area contributed by atoms with Crippen LogP contribution in [0.2, 0.25) is 0 Å². The van der Waals surface area contributed by atoms with Gasteiger partial charge in [-0.2, -0.15) is 4.99 Å². The maximum atomic E-state index is 13.7. The molecule has 0 radical (unpaired) electrons. The average molecular weight is 351 g/mol. The number of thiazole rings is 1. The normalized spacial score (nSPS) is 15.4. The van der Waals surface area contributed by atoms with E-state index in [-0.39, 0.29) is 23.5 Å². The van der Waals surface area contributed by atoms with Crippen LogP contribution in [0.25, 0.3) is 0 Å². The van der Waals surface area contributed by atoms with Gasteiger partial charge in [0, 0.05) is 29.4 Å². The van der Waals surface area contributed by atoms with E-state index in [1.165, 1.54) is 34.1 Å². The predicted octanol–water partition coefficient (Wildman–Crippen LogP) is 2.33. The first-order valence-electron chi connectivity index (χ1n) is 7.00. The van der Waals surface area contributed by atoms with Crippen LogP contribution in [-0.4, -0.2) is 39.5 Å². The van der Waals surface area contributed by atoms with Crippen molar-refractivity contribution >= 4 is 34.2 Å². The third-order valence-electron chi connectivity index (χ3n) is 3.35. The molecule has 8 heteroatoms. The summed E-state index contributed by atoms with van der Waals surface area (Å²) < 4.78 is 15.5. The molecule has 0 unspecified atom stereocenters. The molecule has 2 aromatic rings. The molecule has 1 aromatic carbocycles. The Bertz CT molecular complexity index is 800. The smallest absolute Gasteiger partial charge is 0.282 e. The quantitative estimate of drug-likeness (QED) is 0.850. The second-order valence-corrected chi connectivity index (χ2v) is 6.87. The zero-order valence-corrected chi connectivity index (χ0v) is 13.8. The van der Waals surface area contributed by atoms with Gasteiger partial charge < -0.3 is 9.47 Å². The van der Waals surface area contributed by atoms with Crippen molar-refractivity contribution in [1.82, 2.24) is 9.47 Å². The minimum atomic E-state index is -0.370. The van der Waals surface area contributed by atoms with E-state index in [2.05, 4.69) is 4.99 Å². The molecule has 0 N–H and O–H groups in total. The summed E-state index contributed by atoms with van der Waals surface area (Å²) in [5, 5.41) is 1.71. The molecule has 120 valence electrons. The molecule has 3 rings (SSSR count). The highest BCUT2D eigenvalue weighted by Crippen LogP contribution is 2.16. The van der Waals surface area contributed by atoms with Gasteiger partial charge in [0.2, 0.25) is 0 Å². The highest BCUT2D eigenvalue weighted by molar-refractivity contribution is 8.13. The lowest BCUT2D eigenvalue weighted by molar-refractivity contribution is -0.118. The van der Waals surface area contributed by atoms with Gasteiger partial charge in [0.25, 0.3) is 11.1 Å². The lowest BCUT2D eigenvalue weighted by atomic mass is 10.2. The Morgan fingerprint density at radius 3 is 2.91 bits per heavy atom. The third-order valence-corrected chi connectivity index (χ3v) is 5.04. The van der Waals surface area contributed by atoms with Crippen molar-refractivity contribution in [3.05, 3.63) is 52.0 Å². The number of nitrogens with zero attached hydrogens (tertiary/aromatic N) is 3. The van der Waals surface area contributed by atoms with Crippen molar-refractivity contribution in [2.45, 2.75) is 6.54 Å². The summed E-state index contributed by atoms with van der Waals surface area (Å²) in [5.41, 5.74) is 0.533. The summed E-state index contributed by atoms with van der Waals surface area (Å²) in [7, 11) is 0. The van der Waals surface area contributed by atoms with Gasteiger partial charge in [0.15, 0.2) is 4.80 Å². The number of carbonyl (C=O) groups is 2. The molecule has 0 bridgehead atoms. The molecule has 0 atom stereocenters. The SMILES string of the molecule is O=C(CN1CCSC1=O)N=c1sccn1Cc1ccccc1F. The van der Waals surface area contributed by atoms with Crippen molar-refractivity contribution in [2.75, 3.05) is 18.8 Å². The molecule has 1 fully saturated rings. The first-order valence-corrected chi connectivity index (χ1v) is 8.86. The van der Waals surface area contributed by atoms with Crippen molar-refractivity contribution in [3.8, 4) is 0 Å². The molecule has 1 saturated heterocycles. The van der Waals surface area contributed by atoms with Crippen molar-refractivity contribution in [2.24, 2.45) is 4.99 Å².